The molecule has 2 heterocycles. The van der Waals surface area contributed by atoms with Gasteiger partial charge in [-0.2, -0.15) is 0 Å². The van der Waals surface area contributed by atoms with E-state index in [9.17, 15) is 4.79 Å². The zero-order valence-corrected chi connectivity index (χ0v) is 15.3. The molecule has 0 atom stereocenters. The lowest BCUT2D eigenvalue weighted by atomic mass is 10.1. The van der Waals surface area contributed by atoms with E-state index in [1.54, 1.807) is 18.5 Å². The maximum atomic E-state index is 12.2. The molecule has 6 heteroatoms. The van der Waals surface area contributed by atoms with Gasteiger partial charge in [0.25, 0.3) is 0 Å². The lowest BCUT2D eigenvalue weighted by Gasteiger charge is -2.11. The topological polar surface area (TPSA) is 59.8 Å². The van der Waals surface area contributed by atoms with Crippen LogP contribution in [0, 0.1) is 20.8 Å². The number of anilines is 1. The molecule has 0 radical (unpaired) electrons. The average Bonchev–Trinajstić information content (AvgIpc) is 3.05. The third kappa shape index (κ3) is 4.28. The van der Waals surface area contributed by atoms with Crippen molar-refractivity contribution in [2.45, 2.75) is 25.9 Å². The van der Waals surface area contributed by atoms with Crippen molar-refractivity contribution in [3.05, 3.63) is 65.6 Å². The summed E-state index contributed by atoms with van der Waals surface area (Å²) in [4.78, 5) is 20.7. The molecule has 0 unspecified atom stereocenters. The van der Waals surface area contributed by atoms with E-state index in [0.717, 1.165) is 16.4 Å². The number of pyridine rings is 1. The van der Waals surface area contributed by atoms with E-state index in [1.807, 2.05) is 23.8 Å². The molecule has 128 valence electrons. The summed E-state index contributed by atoms with van der Waals surface area (Å²) in [6.45, 7) is 6.09. The molecule has 0 saturated heterocycles. The Morgan fingerprint density at radius 1 is 1.12 bits per heavy atom. The Balaban J connectivity index is 1.68. The molecule has 0 saturated carbocycles. The number of aromatic nitrogens is 3. The predicted molar refractivity (Wildman–Crippen MR) is 101 cm³/mol. The first kappa shape index (κ1) is 17.2. The Morgan fingerprint density at radius 2 is 1.92 bits per heavy atom. The Bertz CT molecular complexity index is 887. The SMILES string of the molecule is Cc1ccc(NC(=O)CSc2nccn2-c2cc(C)ccc2C)nc1. The van der Waals surface area contributed by atoms with Crippen LogP contribution in [0.1, 0.15) is 16.7 Å². The van der Waals surface area contributed by atoms with E-state index in [1.165, 1.54) is 22.9 Å². The number of hydrogen-bond donors (Lipinski definition) is 1. The summed E-state index contributed by atoms with van der Waals surface area (Å²) in [6.07, 6.45) is 5.41. The van der Waals surface area contributed by atoms with Crippen LogP contribution in [0.4, 0.5) is 5.82 Å². The smallest absolute Gasteiger partial charge is 0.236 e. The maximum Gasteiger partial charge on any atom is 0.236 e. The molecule has 1 N–H and O–H groups in total. The highest BCUT2D eigenvalue weighted by molar-refractivity contribution is 7.99. The number of thioether (sulfide) groups is 1. The van der Waals surface area contributed by atoms with Gasteiger partial charge in [-0.05, 0) is 49.6 Å². The summed E-state index contributed by atoms with van der Waals surface area (Å²) in [5.74, 6) is 0.739. The molecule has 5 nitrogen and oxygen atoms in total. The van der Waals surface area contributed by atoms with Crippen LogP contribution in [0.2, 0.25) is 0 Å². The van der Waals surface area contributed by atoms with Crippen LogP contribution in [0.3, 0.4) is 0 Å². The minimum atomic E-state index is -0.100. The van der Waals surface area contributed by atoms with Crippen molar-refractivity contribution in [3.8, 4) is 5.69 Å². The van der Waals surface area contributed by atoms with E-state index in [-0.39, 0.29) is 11.7 Å². The van der Waals surface area contributed by atoms with Crippen molar-refractivity contribution < 1.29 is 4.79 Å². The van der Waals surface area contributed by atoms with Crippen molar-refractivity contribution >= 4 is 23.5 Å². The number of amides is 1. The average molecular weight is 352 g/mol. The van der Waals surface area contributed by atoms with Crippen LogP contribution in [0.5, 0.6) is 0 Å². The number of nitrogens with one attached hydrogen (secondary N) is 1. The lowest BCUT2D eigenvalue weighted by Crippen LogP contribution is -2.15. The molecule has 0 spiro atoms. The van der Waals surface area contributed by atoms with Gasteiger partial charge in [0.05, 0.1) is 11.4 Å². The normalized spacial score (nSPS) is 10.7. The first-order valence-electron chi connectivity index (χ1n) is 7.99. The van der Waals surface area contributed by atoms with E-state index < -0.39 is 0 Å². The molecule has 3 rings (SSSR count). The minimum Gasteiger partial charge on any atom is -0.310 e. The molecular weight excluding hydrogens is 332 g/mol. The Morgan fingerprint density at radius 3 is 2.68 bits per heavy atom. The van der Waals surface area contributed by atoms with Gasteiger partial charge in [-0.25, -0.2) is 9.97 Å². The number of benzene rings is 1. The van der Waals surface area contributed by atoms with Crippen molar-refractivity contribution in [2.75, 3.05) is 11.1 Å². The van der Waals surface area contributed by atoms with E-state index in [2.05, 4.69) is 47.3 Å². The van der Waals surface area contributed by atoms with Crippen LogP contribution >= 0.6 is 11.8 Å². The molecule has 1 amide bonds. The highest BCUT2D eigenvalue weighted by Gasteiger charge is 2.11. The van der Waals surface area contributed by atoms with E-state index in [0.29, 0.717) is 5.82 Å². The Hall–Kier alpha value is -2.60. The zero-order chi connectivity index (χ0) is 17.8. The number of aryl methyl sites for hydroxylation is 3. The number of nitrogens with zero attached hydrogens (tertiary/aromatic N) is 3. The maximum absolute atomic E-state index is 12.2. The van der Waals surface area contributed by atoms with Crippen molar-refractivity contribution in [1.82, 2.24) is 14.5 Å². The Labute approximate surface area is 151 Å². The molecule has 0 bridgehead atoms. The van der Waals surface area contributed by atoms with Gasteiger partial charge in [0, 0.05) is 18.6 Å². The minimum absolute atomic E-state index is 0.100. The van der Waals surface area contributed by atoms with Crippen molar-refractivity contribution in [1.29, 1.82) is 0 Å². The van der Waals surface area contributed by atoms with Gasteiger partial charge in [0.1, 0.15) is 5.82 Å². The molecule has 0 aliphatic carbocycles. The molecule has 25 heavy (non-hydrogen) atoms. The molecule has 1 aromatic carbocycles. The third-order valence-electron chi connectivity index (χ3n) is 3.74. The summed E-state index contributed by atoms with van der Waals surface area (Å²) in [7, 11) is 0. The summed E-state index contributed by atoms with van der Waals surface area (Å²) in [6, 6.07) is 10.0. The van der Waals surface area contributed by atoms with Crippen molar-refractivity contribution in [3.63, 3.8) is 0 Å². The number of carbonyl (C=O) groups excluding carboxylic acids is 1. The second-order valence-electron chi connectivity index (χ2n) is 5.93. The highest BCUT2D eigenvalue weighted by Crippen LogP contribution is 2.23. The standard InChI is InChI=1S/C19H20N4OS/c1-13-4-6-15(3)16(10-13)23-9-8-20-19(23)25-12-18(24)22-17-7-5-14(2)11-21-17/h4-11H,12H2,1-3H3,(H,21,22,24). The fourth-order valence-electron chi connectivity index (χ4n) is 2.41. The predicted octanol–water partition coefficient (Wildman–Crippen LogP) is 3.92. The van der Waals surface area contributed by atoms with E-state index in [4.69, 9.17) is 0 Å². The number of imidazole rings is 1. The molecule has 2 aromatic heterocycles. The number of hydrogen-bond acceptors (Lipinski definition) is 4. The molecular formula is C19H20N4OS. The van der Waals surface area contributed by atoms with Crippen LogP contribution in [-0.2, 0) is 4.79 Å². The van der Waals surface area contributed by atoms with Gasteiger partial charge >= 0.3 is 0 Å². The second-order valence-corrected chi connectivity index (χ2v) is 6.87. The Kier molecular flexibility index (Phi) is 5.19. The van der Waals surface area contributed by atoms with Crippen molar-refractivity contribution in [2.24, 2.45) is 0 Å². The van der Waals surface area contributed by atoms with Crippen LogP contribution in [-0.4, -0.2) is 26.2 Å². The molecule has 3 aromatic rings. The number of rotatable bonds is 5. The second kappa shape index (κ2) is 7.53. The van der Waals surface area contributed by atoms with Gasteiger partial charge < -0.3 is 5.32 Å². The van der Waals surface area contributed by atoms with Crippen LogP contribution in [0.15, 0.2) is 54.1 Å². The van der Waals surface area contributed by atoms with Gasteiger partial charge in [-0.1, -0.05) is 30.0 Å². The summed E-state index contributed by atoms with van der Waals surface area (Å²) >= 11 is 1.41. The zero-order valence-electron chi connectivity index (χ0n) is 14.5. The lowest BCUT2D eigenvalue weighted by molar-refractivity contribution is -0.113. The van der Waals surface area contributed by atoms with Crippen LogP contribution in [0.25, 0.3) is 5.69 Å². The van der Waals surface area contributed by atoms with Gasteiger partial charge in [0.15, 0.2) is 5.16 Å². The molecule has 0 aliphatic heterocycles. The summed E-state index contributed by atoms with van der Waals surface area (Å²) < 4.78 is 2.02. The van der Waals surface area contributed by atoms with E-state index >= 15 is 0 Å². The fraction of sp³-hybridized carbons (Fsp3) is 0.211. The summed E-state index contributed by atoms with van der Waals surface area (Å²) in [5.41, 5.74) is 4.50. The third-order valence-corrected chi connectivity index (χ3v) is 4.71. The highest BCUT2D eigenvalue weighted by atomic mass is 32.2. The van der Waals surface area contributed by atoms with Gasteiger partial charge in [-0.15, -0.1) is 0 Å². The monoisotopic (exact) mass is 352 g/mol. The quantitative estimate of drug-likeness (QED) is 0.707. The first-order valence-corrected chi connectivity index (χ1v) is 8.98. The number of carbonyl (C=O) groups is 1. The molecule has 0 aliphatic rings. The van der Waals surface area contributed by atoms with Gasteiger partial charge in [0.2, 0.25) is 5.91 Å². The first-order chi connectivity index (χ1) is 12.0. The fourth-order valence-corrected chi connectivity index (χ4v) is 3.18. The van der Waals surface area contributed by atoms with Gasteiger partial charge in [-0.3, -0.25) is 9.36 Å². The molecule has 0 fully saturated rings. The van der Waals surface area contributed by atoms with Crippen LogP contribution < -0.4 is 5.32 Å². The largest absolute Gasteiger partial charge is 0.310 e. The summed E-state index contributed by atoms with van der Waals surface area (Å²) in [5, 5.41) is 3.60.